The third kappa shape index (κ3) is 2.04. The lowest BCUT2D eigenvalue weighted by Gasteiger charge is -2.15. The zero-order valence-corrected chi connectivity index (χ0v) is 10.2. The maximum absolute atomic E-state index is 12.1. The van der Waals surface area contributed by atoms with Gasteiger partial charge in [-0.3, -0.25) is 9.63 Å². The summed E-state index contributed by atoms with van der Waals surface area (Å²) >= 11 is 0. The second kappa shape index (κ2) is 4.59. The molecule has 4 heteroatoms. The summed E-state index contributed by atoms with van der Waals surface area (Å²) in [5, 5.41) is 3.29. The fourth-order valence-electron chi connectivity index (χ4n) is 1.91. The minimum atomic E-state index is -0.135. The van der Waals surface area contributed by atoms with Gasteiger partial charge in [-0.05, 0) is 16.8 Å². The lowest BCUT2D eigenvalue weighted by atomic mass is 9.88. The van der Waals surface area contributed by atoms with E-state index in [4.69, 9.17) is 4.84 Å². The second-order valence-corrected chi connectivity index (χ2v) is 3.96. The number of carbonyl (C=O) groups is 1. The molecule has 0 unspecified atom stereocenters. The predicted octanol–water partition coefficient (Wildman–Crippen LogP) is 0.732. The molecule has 0 aromatic heterocycles. The number of rotatable bonds is 2. The first-order valence-electron chi connectivity index (χ1n) is 5.45. The van der Waals surface area contributed by atoms with Crippen LogP contribution in [-0.4, -0.2) is 33.0 Å². The standard InChI is InChI=1S/C13H14BNO2/c1-15(17-2)13(16)11-7-3-6-10-9(11)5-4-8-12(10)14/h3-8H,14H2,1-2H3. The zero-order chi connectivity index (χ0) is 12.4. The first-order valence-corrected chi connectivity index (χ1v) is 5.45. The Bertz CT molecular complexity index is 568. The molecule has 0 spiro atoms. The van der Waals surface area contributed by atoms with Gasteiger partial charge in [0, 0.05) is 12.6 Å². The van der Waals surface area contributed by atoms with Crippen molar-refractivity contribution in [3.63, 3.8) is 0 Å². The van der Waals surface area contributed by atoms with Gasteiger partial charge in [-0.2, -0.15) is 0 Å². The first kappa shape index (κ1) is 11.7. The van der Waals surface area contributed by atoms with Gasteiger partial charge in [0.25, 0.3) is 5.91 Å². The lowest BCUT2D eigenvalue weighted by Crippen LogP contribution is -2.25. The molecule has 86 valence electrons. The molecule has 0 aliphatic rings. The molecule has 0 N–H and O–H groups in total. The van der Waals surface area contributed by atoms with E-state index < -0.39 is 0 Å². The number of carbonyl (C=O) groups excluding carboxylic acids is 1. The highest BCUT2D eigenvalue weighted by atomic mass is 16.7. The summed E-state index contributed by atoms with van der Waals surface area (Å²) in [4.78, 5) is 17.0. The minimum absolute atomic E-state index is 0.135. The van der Waals surface area contributed by atoms with E-state index in [9.17, 15) is 4.79 Å². The monoisotopic (exact) mass is 227 g/mol. The molecular weight excluding hydrogens is 213 g/mol. The molecule has 0 saturated carbocycles. The van der Waals surface area contributed by atoms with Gasteiger partial charge in [-0.1, -0.05) is 35.8 Å². The summed E-state index contributed by atoms with van der Waals surface area (Å²) in [6.45, 7) is 0. The number of amides is 1. The third-order valence-corrected chi connectivity index (χ3v) is 2.93. The Balaban J connectivity index is 2.63. The van der Waals surface area contributed by atoms with E-state index in [-0.39, 0.29) is 5.91 Å². The highest BCUT2D eigenvalue weighted by molar-refractivity contribution is 6.39. The van der Waals surface area contributed by atoms with Gasteiger partial charge < -0.3 is 0 Å². The normalized spacial score (nSPS) is 10.5. The largest absolute Gasteiger partial charge is 0.277 e. The van der Waals surface area contributed by atoms with Crippen molar-refractivity contribution in [2.24, 2.45) is 0 Å². The minimum Gasteiger partial charge on any atom is -0.274 e. The van der Waals surface area contributed by atoms with Gasteiger partial charge in [0.1, 0.15) is 7.85 Å². The smallest absolute Gasteiger partial charge is 0.274 e. The van der Waals surface area contributed by atoms with Gasteiger partial charge >= 0.3 is 0 Å². The summed E-state index contributed by atoms with van der Waals surface area (Å²) in [6, 6.07) is 11.7. The molecule has 0 bridgehead atoms. The van der Waals surface area contributed by atoms with E-state index in [1.807, 2.05) is 44.2 Å². The SMILES string of the molecule is Bc1cccc2c(C(=O)N(C)OC)cccc12. The van der Waals surface area contributed by atoms with Gasteiger partial charge in [0.05, 0.1) is 7.11 Å². The molecule has 0 atom stereocenters. The number of fused-ring (bicyclic) bond motifs is 1. The number of nitrogens with zero attached hydrogens (tertiary/aromatic N) is 1. The van der Waals surface area contributed by atoms with Gasteiger partial charge in [-0.15, -0.1) is 0 Å². The molecule has 0 heterocycles. The van der Waals surface area contributed by atoms with Gasteiger partial charge in [0.2, 0.25) is 0 Å². The van der Waals surface area contributed by atoms with E-state index in [2.05, 4.69) is 0 Å². The summed E-state index contributed by atoms with van der Waals surface area (Å²) < 4.78 is 0. The van der Waals surface area contributed by atoms with E-state index in [0.29, 0.717) is 5.56 Å². The second-order valence-electron chi connectivity index (χ2n) is 3.96. The van der Waals surface area contributed by atoms with Crippen molar-refractivity contribution in [3.05, 3.63) is 42.0 Å². The summed E-state index contributed by atoms with van der Waals surface area (Å²) in [6.07, 6.45) is 0. The quantitative estimate of drug-likeness (QED) is 0.559. The van der Waals surface area contributed by atoms with Crippen LogP contribution >= 0.6 is 0 Å². The molecule has 2 aromatic rings. The Kier molecular flexibility index (Phi) is 3.15. The Morgan fingerprint density at radius 2 is 1.82 bits per heavy atom. The van der Waals surface area contributed by atoms with E-state index in [1.165, 1.54) is 12.2 Å². The molecule has 2 aromatic carbocycles. The number of hydroxylamine groups is 2. The van der Waals surface area contributed by atoms with Crippen LogP contribution in [0.4, 0.5) is 0 Å². The molecule has 0 radical (unpaired) electrons. The van der Waals surface area contributed by atoms with Crippen LogP contribution in [-0.2, 0) is 4.84 Å². The molecule has 0 aliphatic heterocycles. The van der Waals surface area contributed by atoms with Crippen LogP contribution < -0.4 is 5.46 Å². The Morgan fingerprint density at radius 1 is 1.18 bits per heavy atom. The van der Waals surface area contributed by atoms with Crippen molar-refractivity contribution >= 4 is 30.0 Å². The number of benzene rings is 2. The number of hydrogen-bond donors (Lipinski definition) is 0. The molecule has 2 rings (SSSR count). The van der Waals surface area contributed by atoms with Crippen molar-refractivity contribution in [2.75, 3.05) is 14.2 Å². The molecule has 0 fully saturated rings. The Labute approximate surface area is 101 Å². The summed E-state index contributed by atoms with van der Waals surface area (Å²) in [5.74, 6) is -0.135. The van der Waals surface area contributed by atoms with E-state index in [1.54, 1.807) is 7.05 Å². The molecule has 0 aliphatic carbocycles. The van der Waals surface area contributed by atoms with Gasteiger partial charge in [-0.25, -0.2) is 5.06 Å². The summed E-state index contributed by atoms with van der Waals surface area (Å²) in [5.41, 5.74) is 1.83. The highest BCUT2D eigenvalue weighted by Gasteiger charge is 2.14. The molecular formula is C13H14BNO2. The maximum Gasteiger partial charge on any atom is 0.277 e. The van der Waals surface area contributed by atoms with Crippen molar-refractivity contribution < 1.29 is 9.63 Å². The molecule has 17 heavy (non-hydrogen) atoms. The Morgan fingerprint density at radius 3 is 2.53 bits per heavy atom. The van der Waals surface area contributed by atoms with E-state index in [0.717, 1.165) is 16.2 Å². The van der Waals surface area contributed by atoms with Crippen LogP contribution in [0.2, 0.25) is 0 Å². The predicted molar refractivity (Wildman–Crippen MR) is 71.2 cm³/mol. The van der Waals surface area contributed by atoms with Crippen LogP contribution in [0.1, 0.15) is 10.4 Å². The van der Waals surface area contributed by atoms with Crippen molar-refractivity contribution in [2.45, 2.75) is 0 Å². The van der Waals surface area contributed by atoms with Crippen LogP contribution in [0, 0.1) is 0 Å². The third-order valence-electron chi connectivity index (χ3n) is 2.93. The van der Waals surface area contributed by atoms with Crippen LogP contribution in [0.15, 0.2) is 36.4 Å². The zero-order valence-electron chi connectivity index (χ0n) is 10.2. The van der Waals surface area contributed by atoms with E-state index >= 15 is 0 Å². The average molecular weight is 227 g/mol. The highest BCUT2D eigenvalue weighted by Crippen LogP contribution is 2.18. The average Bonchev–Trinajstić information content (AvgIpc) is 2.37. The van der Waals surface area contributed by atoms with Crippen molar-refractivity contribution in [3.8, 4) is 0 Å². The fourth-order valence-corrected chi connectivity index (χ4v) is 1.91. The lowest BCUT2D eigenvalue weighted by molar-refractivity contribution is -0.0755. The van der Waals surface area contributed by atoms with Crippen LogP contribution in [0.25, 0.3) is 10.8 Å². The van der Waals surface area contributed by atoms with Crippen LogP contribution in [0.3, 0.4) is 0 Å². The van der Waals surface area contributed by atoms with Gasteiger partial charge in [0.15, 0.2) is 0 Å². The molecule has 3 nitrogen and oxygen atoms in total. The maximum atomic E-state index is 12.1. The van der Waals surface area contributed by atoms with Crippen molar-refractivity contribution in [1.82, 2.24) is 5.06 Å². The fraction of sp³-hybridized carbons (Fsp3) is 0.154. The topological polar surface area (TPSA) is 29.5 Å². The molecule has 1 amide bonds. The number of hydrogen-bond acceptors (Lipinski definition) is 2. The first-order chi connectivity index (χ1) is 8.15. The van der Waals surface area contributed by atoms with Crippen molar-refractivity contribution in [1.29, 1.82) is 0 Å². The Hall–Kier alpha value is -1.81. The summed E-state index contributed by atoms with van der Waals surface area (Å²) in [7, 11) is 5.13. The van der Waals surface area contributed by atoms with Crippen LogP contribution in [0.5, 0.6) is 0 Å². The molecule has 0 saturated heterocycles.